The molecule has 166 valence electrons. The molecule has 0 unspecified atom stereocenters. The number of anilines is 1. The van der Waals surface area contributed by atoms with Gasteiger partial charge in [0.15, 0.2) is 0 Å². The third kappa shape index (κ3) is 5.35. The van der Waals surface area contributed by atoms with Gasteiger partial charge in [0.25, 0.3) is 0 Å². The normalized spacial score (nSPS) is 25.9. The zero-order valence-electron chi connectivity index (χ0n) is 16.9. The fourth-order valence-corrected chi connectivity index (χ4v) is 4.55. The fourth-order valence-electron chi connectivity index (χ4n) is 4.55. The number of urea groups is 1. The van der Waals surface area contributed by atoms with E-state index in [1.54, 1.807) is 7.11 Å². The molecule has 1 heterocycles. The van der Waals surface area contributed by atoms with Gasteiger partial charge in [-0.25, -0.2) is 4.79 Å². The number of methoxy groups -OCH3 is 1. The van der Waals surface area contributed by atoms with Gasteiger partial charge in [-0.05, 0) is 48.4 Å². The largest absolute Gasteiger partial charge is 0.573 e. The molecule has 1 aromatic carbocycles. The minimum absolute atomic E-state index is 0.129. The van der Waals surface area contributed by atoms with Gasteiger partial charge in [0, 0.05) is 38.3 Å². The molecule has 1 aliphatic carbocycles. The lowest BCUT2D eigenvalue weighted by Gasteiger charge is -2.24. The molecule has 2 fully saturated rings. The number of hydrogen-bond acceptors (Lipinski definition) is 4. The van der Waals surface area contributed by atoms with Gasteiger partial charge in [-0.1, -0.05) is 6.92 Å². The van der Waals surface area contributed by atoms with Gasteiger partial charge in [0.1, 0.15) is 5.75 Å². The van der Waals surface area contributed by atoms with E-state index < -0.39 is 12.4 Å². The maximum absolute atomic E-state index is 12.3. The van der Waals surface area contributed by atoms with E-state index in [1.165, 1.54) is 12.1 Å². The predicted octanol–water partition coefficient (Wildman–Crippen LogP) is 3.23. The van der Waals surface area contributed by atoms with Crippen molar-refractivity contribution in [2.75, 3.05) is 32.1 Å². The summed E-state index contributed by atoms with van der Waals surface area (Å²) < 4.78 is 45.5. The molecule has 7 nitrogen and oxygen atoms in total. The molecule has 1 saturated carbocycles. The molecule has 1 aliphatic heterocycles. The molecule has 1 saturated heterocycles. The Morgan fingerprint density at radius 1 is 1.27 bits per heavy atom. The first kappa shape index (κ1) is 22.2. The summed E-state index contributed by atoms with van der Waals surface area (Å²) in [6.45, 7) is 3.63. The van der Waals surface area contributed by atoms with Crippen molar-refractivity contribution >= 4 is 17.6 Å². The average Bonchev–Trinajstić information content (AvgIpc) is 3.12. The van der Waals surface area contributed by atoms with E-state index in [0.29, 0.717) is 37.7 Å². The number of carbonyl (C=O) groups excluding carboxylic acids is 2. The Hall–Kier alpha value is -2.49. The Morgan fingerprint density at radius 2 is 1.97 bits per heavy atom. The zero-order chi connectivity index (χ0) is 21.9. The Morgan fingerprint density at radius 3 is 2.60 bits per heavy atom. The first-order valence-electron chi connectivity index (χ1n) is 9.87. The number of alkyl halides is 3. The number of nitrogens with one attached hydrogen (secondary N) is 2. The van der Waals surface area contributed by atoms with Gasteiger partial charge < -0.3 is 25.0 Å². The molecule has 2 N–H and O–H groups in total. The average molecular weight is 429 g/mol. The number of likely N-dealkylation sites (tertiary alicyclic amines) is 1. The summed E-state index contributed by atoms with van der Waals surface area (Å²) in [4.78, 5) is 26.5. The first-order valence-corrected chi connectivity index (χ1v) is 9.87. The van der Waals surface area contributed by atoms with E-state index in [2.05, 4.69) is 22.3 Å². The van der Waals surface area contributed by atoms with Gasteiger partial charge in [-0.2, -0.15) is 0 Å². The van der Waals surface area contributed by atoms with Crippen LogP contribution in [0.15, 0.2) is 24.3 Å². The number of nitrogens with zero attached hydrogens (tertiary/aromatic N) is 1. The van der Waals surface area contributed by atoms with Crippen molar-refractivity contribution in [2.24, 2.45) is 17.8 Å². The van der Waals surface area contributed by atoms with E-state index in [-0.39, 0.29) is 29.5 Å². The maximum atomic E-state index is 12.3. The summed E-state index contributed by atoms with van der Waals surface area (Å²) in [5, 5.41) is 5.42. The molecule has 0 radical (unpaired) electrons. The molecule has 30 heavy (non-hydrogen) atoms. The van der Waals surface area contributed by atoms with E-state index in [1.807, 2.05) is 4.90 Å². The van der Waals surface area contributed by atoms with Crippen LogP contribution in [0, 0.1) is 17.8 Å². The van der Waals surface area contributed by atoms with Gasteiger partial charge in [0.05, 0.1) is 6.61 Å². The number of carbonyl (C=O) groups is 2. The van der Waals surface area contributed by atoms with Crippen LogP contribution in [0.1, 0.15) is 19.8 Å². The number of hydrogen-bond donors (Lipinski definition) is 2. The lowest BCUT2D eigenvalue weighted by molar-refractivity contribution is -0.274. The molecule has 3 rings (SSSR count). The van der Waals surface area contributed by atoms with Crippen molar-refractivity contribution in [2.45, 2.75) is 32.2 Å². The zero-order valence-corrected chi connectivity index (χ0v) is 16.9. The van der Waals surface area contributed by atoms with Gasteiger partial charge in [-0.3, -0.25) is 4.79 Å². The standard InChI is InChI=1S/C20H26F3N3O4/c1-12-9-17-15(10-18(27)26(17)7-8-29-2)16(12)11-24-19(28)25-13-3-5-14(6-4-13)30-20(21,22)23/h3-6,12,15-17H,7-11H2,1-2H3,(H2,24,25,28)/t12-,15-,16+,17+/m0/s1. The molecular weight excluding hydrogens is 403 g/mol. The van der Waals surface area contributed by atoms with Gasteiger partial charge in [-0.15, -0.1) is 13.2 Å². The topological polar surface area (TPSA) is 79.9 Å². The fraction of sp³-hybridized carbons (Fsp3) is 0.600. The van der Waals surface area contributed by atoms with Crippen LogP contribution in [-0.2, 0) is 9.53 Å². The Labute approximate surface area is 172 Å². The molecule has 2 aliphatic rings. The van der Waals surface area contributed by atoms with Crippen LogP contribution >= 0.6 is 0 Å². The van der Waals surface area contributed by atoms with Crippen molar-refractivity contribution in [3.8, 4) is 5.75 Å². The third-order valence-electron chi connectivity index (χ3n) is 5.90. The summed E-state index contributed by atoms with van der Waals surface area (Å²) in [6, 6.07) is 4.65. The Kier molecular flexibility index (Phi) is 6.74. The highest BCUT2D eigenvalue weighted by Gasteiger charge is 2.50. The minimum atomic E-state index is -4.76. The van der Waals surface area contributed by atoms with Crippen molar-refractivity contribution in [3.63, 3.8) is 0 Å². The number of halogens is 3. The minimum Gasteiger partial charge on any atom is -0.406 e. The quantitative estimate of drug-likeness (QED) is 0.698. The summed E-state index contributed by atoms with van der Waals surface area (Å²) in [7, 11) is 1.61. The first-order chi connectivity index (χ1) is 14.2. The number of amides is 3. The second-order valence-corrected chi connectivity index (χ2v) is 7.80. The Bertz CT molecular complexity index is 757. The van der Waals surface area contributed by atoms with Crippen molar-refractivity contribution in [1.29, 1.82) is 0 Å². The molecule has 0 aromatic heterocycles. The molecular formula is C20H26F3N3O4. The maximum Gasteiger partial charge on any atom is 0.573 e. The summed E-state index contributed by atoms with van der Waals surface area (Å²) in [6.07, 6.45) is -3.38. The highest BCUT2D eigenvalue weighted by molar-refractivity contribution is 5.89. The van der Waals surface area contributed by atoms with E-state index in [0.717, 1.165) is 18.6 Å². The highest BCUT2D eigenvalue weighted by Crippen LogP contribution is 2.45. The van der Waals surface area contributed by atoms with Gasteiger partial charge >= 0.3 is 12.4 Å². The Balaban J connectivity index is 1.50. The molecule has 3 amide bonds. The predicted molar refractivity (Wildman–Crippen MR) is 103 cm³/mol. The second kappa shape index (κ2) is 9.11. The molecule has 4 atom stereocenters. The number of fused-ring (bicyclic) bond motifs is 1. The second-order valence-electron chi connectivity index (χ2n) is 7.80. The molecule has 0 bridgehead atoms. The van der Waals surface area contributed by atoms with E-state index in [4.69, 9.17) is 4.74 Å². The SMILES string of the molecule is COCCN1C(=O)C[C@H]2[C@H](CNC(=O)Nc3ccc(OC(F)(F)F)cc3)[C@@H](C)C[C@H]21. The summed E-state index contributed by atoms with van der Waals surface area (Å²) in [5.74, 6) is 0.508. The van der Waals surface area contributed by atoms with Crippen LogP contribution in [-0.4, -0.2) is 56.0 Å². The smallest absolute Gasteiger partial charge is 0.406 e. The van der Waals surface area contributed by atoms with Crippen LogP contribution in [0.25, 0.3) is 0 Å². The summed E-state index contributed by atoms with van der Waals surface area (Å²) >= 11 is 0. The van der Waals surface area contributed by atoms with Crippen LogP contribution in [0.5, 0.6) is 5.75 Å². The van der Waals surface area contributed by atoms with Gasteiger partial charge in [0.2, 0.25) is 5.91 Å². The molecule has 10 heteroatoms. The van der Waals surface area contributed by atoms with Crippen LogP contribution in [0.2, 0.25) is 0 Å². The van der Waals surface area contributed by atoms with Crippen molar-refractivity contribution in [1.82, 2.24) is 10.2 Å². The van der Waals surface area contributed by atoms with Crippen LogP contribution in [0.3, 0.4) is 0 Å². The number of rotatable bonds is 7. The lowest BCUT2D eigenvalue weighted by atomic mass is 9.88. The number of ether oxygens (including phenoxy) is 2. The number of benzene rings is 1. The highest BCUT2D eigenvalue weighted by atomic mass is 19.4. The van der Waals surface area contributed by atoms with E-state index in [9.17, 15) is 22.8 Å². The summed E-state index contributed by atoms with van der Waals surface area (Å²) in [5.41, 5.74) is 0.348. The van der Waals surface area contributed by atoms with Crippen LogP contribution in [0.4, 0.5) is 23.7 Å². The van der Waals surface area contributed by atoms with Crippen molar-refractivity contribution < 1.29 is 32.2 Å². The monoisotopic (exact) mass is 429 g/mol. The van der Waals surface area contributed by atoms with Crippen LogP contribution < -0.4 is 15.4 Å². The lowest BCUT2D eigenvalue weighted by Crippen LogP contribution is -2.37. The third-order valence-corrected chi connectivity index (χ3v) is 5.90. The van der Waals surface area contributed by atoms with E-state index >= 15 is 0 Å². The molecule has 0 spiro atoms. The molecule has 1 aromatic rings. The van der Waals surface area contributed by atoms with Crippen molar-refractivity contribution in [3.05, 3.63) is 24.3 Å².